The summed E-state index contributed by atoms with van der Waals surface area (Å²) in [6.07, 6.45) is 1.35. The van der Waals surface area contributed by atoms with Crippen LogP contribution in [-0.2, 0) is 19.6 Å². The molecule has 30 heavy (non-hydrogen) atoms. The molecule has 1 aromatic heterocycles. The molecule has 1 aromatic carbocycles. The molecule has 0 aliphatic carbocycles. The second-order valence-electron chi connectivity index (χ2n) is 7.67. The van der Waals surface area contributed by atoms with E-state index < -0.39 is 10.0 Å². The molecule has 4 rings (SSSR count). The van der Waals surface area contributed by atoms with E-state index in [1.165, 1.54) is 15.6 Å². The maximum atomic E-state index is 13.0. The second kappa shape index (κ2) is 9.05. The van der Waals surface area contributed by atoms with Crippen LogP contribution >= 0.6 is 11.3 Å². The van der Waals surface area contributed by atoms with Gasteiger partial charge in [-0.15, -0.1) is 11.3 Å². The Kier molecular flexibility index (Phi) is 6.43. The molecule has 2 aromatic rings. The van der Waals surface area contributed by atoms with Gasteiger partial charge in [0.2, 0.25) is 5.91 Å². The standard InChI is InChI=1S/C21H27N3O4S2/c1-16-8-9-20(29-16)30(26,27)24-10-4-5-17(15-24)21(25)22-18-6-2-3-7-19(18)23-11-13-28-14-12-23/h2-3,6-9,17H,4-5,10-15H2,1H3,(H,22,25)/t17-/m0/s1. The fourth-order valence-corrected chi connectivity index (χ4v) is 6.91. The van der Waals surface area contributed by atoms with Crippen LogP contribution in [0.3, 0.4) is 0 Å². The number of hydrogen-bond donors (Lipinski definition) is 1. The van der Waals surface area contributed by atoms with Crippen LogP contribution in [0.1, 0.15) is 17.7 Å². The first-order chi connectivity index (χ1) is 14.4. The van der Waals surface area contributed by atoms with Crippen LogP contribution in [0.5, 0.6) is 0 Å². The smallest absolute Gasteiger partial charge is 0.252 e. The van der Waals surface area contributed by atoms with Crippen LogP contribution in [0.4, 0.5) is 11.4 Å². The summed E-state index contributed by atoms with van der Waals surface area (Å²) in [6, 6.07) is 11.2. The van der Waals surface area contributed by atoms with Gasteiger partial charge in [-0.25, -0.2) is 8.42 Å². The first kappa shape index (κ1) is 21.3. The minimum absolute atomic E-state index is 0.127. The Morgan fingerprint density at radius 2 is 1.90 bits per heavy atom. The maximum Gasteiger partial charge on any atom is 0.252 e. The van der Waals surface area contributed by atoms with Gasteiger partial charge in [0.1, 0.15) is 4.21 Å². The molecule has 0 unspecified atom stereocenters. The number of hydrogen-bond acceptors (Lipinski definition) is 6. The number of piperidine rings is 1. The van der Waals surface area contributed by atoms with Gasteiger partial charge < -0.3 is 15.0 Å². The summed E-state index contributed by atoms with van der Waals surface area (Å²) in [5.74, 6) is -0.495. The minimum atomic E-state index is -3.56. The summed E-state index contributed by atoms with van der Waals surface area (Å²) in [5.41, 5.74) is 1.74. The molecule has 1 atom stereocenters. The number of nitrogens with zero attached hydrogens (tertiary/aromatic N) is 2. The van der Waals surface area contributed by atoms with E-state index >= 15 is 0 Å². The average Bonchev–Trinajstić information content (AvgIpc) is 3.22. The van der Waals surface area contributed by atoms with Gasteiger partial charge >= 0.3 is 0 Å². The lowest BCUT2D eigenvalue weighted by molar-refractivity contribution is -0.120. The predicted molar refractivity (Wildman–Crippen MR) is 119 cm³/mol. The van der Waals surface area contributed by atoms with Crippen LogP contribution in [0.15, 0.2) is 40.6 Å². The van der Waals surface area contributed by atoms with E-state index in [-0.39, 0.29) is 18.4 Å². The van der Waals surface area contributed by atoms with Gasteiger partial charge in [-0.1, -0.05) is 12.1 Å². The number of thiophene rings is 1. The Hall–Kier alpha value is -1.94. The van der Waals surface area contributed by atoms with Gasteiger partial charge in [0, 0.05) is 31.1 Å². The first-order valence-corrected chi connectivity index (χ1v) is 12.5. The Bertz CT molecular complexity index is 999. The molecule has 1 amide bonds. The second-order valence-corrected chi connectivity index (χ2v) is 11.1. The number of morpholine rings is 1. The molecular formula is C21H27N3O4S2. The Labute approximate surface area is 181 Å². The van der Waals surface area contributed by atoms with E-state index in [1.807, 2.05) is 37.3 Å². The van der Waals surface area contributed by atoms with E-state index in [0.29, 0.717) is 36.8 Å². The summed E-state index contributed by atoms with van der Waals surface area (Å²) < 4.78 is 33.2. The molecule has 0 spiro atoms. The van der Waals surface area contributed by atoms with Gasteiger partial charge in [0.05, 0.1) is 30.5 Å². The highest BCUT2D eigenvalue weighted by atomic mass is 32.2. The molecule has 2 aliphatic heterocycles. The lowest BCUT2D eigenvalue weighted by Gasteiger charge is -2.32. The highest BCUT2D eigenvalue weighted by Crippen LogP contribution is 2.30. The number of benzene rings is 1. The number of nitrogens with one attached hydrogen (secondary N) is 1. The van der Waals surface area contributed by atoms with E-state index in [1.54, 1.807) is 6.07 Å². The molecule has 2 fully saturated rings. The maximum absolute atomic E-state index is 13.0. The summed E-state index contributed by atoms with van der Waals surface area (Å²) in [5, 5.41) is 3.05. The van der Waals surface area contributed by atoms with E-state index in [0.717, 1.165) is 29.3 Å². The van der Waals surface area contributed by atoms with Crippen molar-refractivity contribution in [1.82, 2.24) is 4.31 Å². The summed E-state index contributed by atoms with van der Waals surface area (Å²) in [4.78, 5) is 16.2. The number of anilines is 2. The number of aryl methyl sites for hydroxylation is 1. The van der Waals surface area contributed by atoms with Crippen LogP contribution in [0.25, 0.3) is 0 Å². The largest absolute Gasteiger partial charge is 0.378 e. The SMILES string of the molecule is Cc1ccc(S(=O)(=O)N2CCC[C@H](C(=O)Nc3ccccc3N3CCOCC3)C2)s1. The third-order valence-corrected chi connectivity index (χ3v) is 8.91. The number of sulfonamides is 1. The zero-order valence-corrected chi connectivity index (χ0v) is 18.7. The number of ether oxygens (including phenoxy) is 1. The van der Waals surface area contributed by atoms with Crippen molar-refractivity contribution in [3.05, 3.63) is 41.3 Å². The van der Waals surface area contributed by atoms with E-state index in [4.69, 9.17) is 4.74 Å². The van der Waals surface area contributed by atoms with Crippen molar-refractivity contribution < 1.29 is 17.9 Å². The Morgan fingerprint density at radius 1 is 1.13 bits per heavy atom. The van der Waals surface area contributed by atoms with Crippen LogP contribution in [0.2, 0.25) is 0 Å². The molecule has 2 saturated heterocycles. The number of carbonyl (C=O) groups excluding carboxylic acids is 1. The summed E-state index contributed by atoms with van der Waals surface area (Å²) >= 11 is 1.27. The molecule has 0 radical (unpaired) electrons. The van der Waals surface area contributed by atoms with Crippen molar-refractivity contribution in [2.45, 2.75) is 24.0 Å². The molecule has 0 saturated carbocycles. The first-order valence-electron chi connectivity index (χ1n) is 10.2. The third kappa shape index (κ3) is 4.54. The van der Waals surface area contributed by atoms with Crippen molar-refractivity contribution >= 4 is 38.6 Å². The fourth-order valence-electron chi connectivity index (χ4n) is 3.95. The van der Waals surface area contributed by atoms with E-state index in [2.05, 4.69) is 10.2 Å². The van der Waals surface area contributed by atoms with Gasteiger partial charge in [0.15, 0.2) is 0 Å². The van der Waals surface area contributed by atoms with E-state index in [9.17, 15) is 13.2 Å². The van der Waals surface area contributed by atoms with Crippen LogP contribution in [-0.4, -0.2) is 58.0 Å². The van der Waals surface area contributed by atoms with Crippen LogP contribution in [0, 0.1) is 12.8 Å². The van der Waals surface area contributed by atoms with Crippen LogP contribution < -0.4 is 10.2 Å². The average molecular weight is 450 g/mol. The van der Waals surface area contributed by atoms with Gasteiger partial charge in [-0.3, -0.25) is 4.79 Å². The lowest BCUT2D eigenvalue weighted by atomic mass is 9.98. The highest BCUT2D eigenvalue weighted by molar-refractivity contribution is 7.91. The molecule has 1 N–H and O–H groups in total. The number of rotatable bonds is 5. The third-order valence-electron chi connectivity index (χ3n) is 5.58. The molecule has 9 heteroatoms. The lowest BCUT2D eigenvalue weighted by Crippen LogP contribution is -2.43. The molecule has 7 nitrogen and oxygen atoms in total. The van der Waals surface area contributed by atoms with Crippen molar-refractivity contribution in [3.8, 4) is 0 Å². The molecule has 0 bridgehead atoms. The number of amides is 1. The van der Waals surface area contributed by atoms with Crippen molar-refractivity contribution in [3.63, 3.8) is 0 Å². The molecule has 3 heterocycles. The fraction of sp³-hybridized carbons (Fsp3) is 0.476. The Morgan fingerprint density at radius 3 is 2.63 bits per heavy atom. The molecule has 2 aliphatic rings. The highest BCUT2D eigenvalue weighted by Gasteiger charge is 2.34. The van der Waals surface area contributed by atoms with Gasteiger partial charge in [-0.05, 0) is 44.0 Å². The normalized spacial score (nSPS) is 20.8. The van der Waals surface area contributed by atoms with Crippen molar-refractivity contribution in [1.29, 1.82) is 0 Å². The molecular weight excluding hydrogens is 422 g/mol. The zero-order valence-electron chi connectivity index (χ0n) is 17.0. The quantitative estimate of drug-likeness (QED) is 0.759. The molecule has 162 valence electrons. The number of para-hydroxylation sites is 2. The topological polar surface area (TPSA) is 79.0 Å². The monoisotopic (exact) mass is 449 g/mol. The zero-order chi connectivity index (χ0) is 21.1. The number of carbonyl (C=O) groups is 1. The van der Waals surface area contributed by atoms with Crippen molar-refractivity contribution in [2.75, 3.05) is 49.6 Å². The summed E-state index contributed by atoms with van der Waals surface area (Å²) in [6.45, 7) is 5.45. The minimum Gasteiger partial charge on any atom is -0.378 e. The van der Waals surface area contributed by atoms with Gasteiger partial charge in [0.25, 0.3) is 10.0 Å². The summed E-state index contributed by atoms with van der Waals surface area (Å²) in [7, 11) is -3.56. The van der Waals surface area contributed by atoms with Gasteiger partial charge in [-0.2, -0.15) is 4.31 Å². The predicted octanol–water partition coefficient (Wildman–Crippen LogP) is 2.93. The Balaban J connectivity index is 1.47. The van der Waals surface area contributed by atoms with Crippen molar-refractivity contribution in [2.24, 2.45) is 5.92 Å².